The topological polar surface area (TPSA) is 61.6 Å². The second-order valence-electron chi connectivity index (χ2n) is 9.55. The van der Waals surface area contributed by atoms with Gasteiger partial charge in [-0.3, -0.25) is 9.48 Å². The second kappa shape index (κ2) is 7.93. The quantitative estimate of drug-likeness (QED) is 0.818. The molecule has 6 nitrogen and oxygen atoms in total. The summed E-state index contributed by atoms with van der Waals surface area (Å²) in [6.45, 7) is 2.21. The van der Waals surface area contributed by atoms with Crippen molar-refractivity contribution < 1.29 is 14.3 Å². The van der Waals surface area contributed by atoms with Crippen molar-refractivity contribution >= 4 is 11.6 Å². The molecule has 166 valence electrons. The van der Waals surface area contributed by atoms with Crippen molar-refractivity contribution in [1.82, 2.24) is 14.7 Å². The first-order chi connectivity index (χ1) is 14.9. The fourth-order valence-corrected chi connectivity index (χ4v) is 5.71. The Morgan fingerprint density at radius 3 is 2.45 bits per heavy atom. The molecule has 2 aromatic rings. The summed E-state index contributed by atoms with van der Waals surface area (Å²) >= 11 is 0. The number of aromatic nitrogens is 2. The molecule has 0 radical (unpaired) electrons. The lowest BCUT2D eigenvalue weighted by atomic mass is 9.76. The van der Waals surface area contributed by atoms with Gasteiger partial charge in [0.2, 0.25) is 5.91 Å². The van der Waals surface area contributed by atoms with Crippen LogP contribution in [0.5, 0.6) is 0 Å². The summed E-state index contributed by atoms with van der Waals surface area (Å²) in [6.07, 6.45) is 9.35. The Kier molecular flexibility index (Phi) is 5.24. The van der Waals surface area contributed by atoms with Crippen molar-refractivity contribution in [3.05, 3.63) is 36.4 Å². The van der Waals surface area contributed by atoms with E-state index in [0.717, 1.165) is 62.6 Å². The van der Waals surface area contributed by atoms with E-state index in [-0.39, 0.29) is 29.3 Å². The maximum Gasteiger partial charge on any atom is 0.229 e. The van der Waals surface area contributed by atoms with E-state index in [1.807, 2.05) is 19.3 Å². The summed E-state index contributed by atoms with van der Waals surface area (Å²) in [7, 11) is 1.87. The Bertz CT molecular complexity index is 958. The molecular weight excluding hydrogens is 395 g/mol. The zero-order valence-electron chi connectivity index (χ0n) is 18.1. The number of anilines is 1. The highest BCUT2D eigenvalue weighted by Gasteiger charge is 2.50. The molecule has 1 aromatic heterocycles. The van der Waals surface area contributed by atoms with Crippen LogP contribution in [0.1, 0.15) is 44.9 Å². The highest BCUT2D eigenvalue weighted by molar-refractivity contribution is 5.85. The molecule has 2 saturated heterocycles. The number of likely N-dealkylation sites (tertiary alicyclic amines) is 1. The lowest BCUT2D eigenvalue weighted by Gasteiger charge is -2.40. The van der Waals surface area contributed by atoms with Crippen LogP contribution in [0.15, 0.2) is 30.6 Å². The Labute approximate surface area is 182 Å². The van der Waals surface area contributed by atoms with E-state index >= 15 is 0 Å². The Hall–Kier alpha value is -2.41. The minimum absolute atomic E-state index is 0.205. The number of amides is 1. The first-order valence-electron chi connectivity index (χ1n) is 11.5. The summed E-state index contributed by atoms with van der Waals surface area (Å²) in [5.41, 5.74) is 2.24. The molecule has 1 spiro atoms. The Morgan fingerprint density at radius 2 is 1.77 bits per heavy atom. The van der Waals surface area contributed by atoms with E-state index < -0.39 is 0 Å². The van der Waals surface area contributed by atoms with E-state index in [1.165, 1.54) is 6.07 Å². The third kappa shape index (κ3) is 3.73. The minimum Gasteiger partial charge on any atom is -0.393 e. The summed E-state index contributed by atoms with van der Waals surface area (Å²) in [4.78, 5) is 17.6. The first-order valence-corrected chi connectivity index (χ1v) is 11.5. The fraction of sp³-hybridized carbons (Fsp3) is 0.583. The molecule has 0 unspecified atom stereocenters. The van der Waals surface area contributed by atoms with Crippen LogP contribution in [-0.2, 0) is 11.8 Å². The van der Waals surface area contributed by atoms with Gasteiger partial charge in [-0.1, -0.05) is 6.07 Å². The average Bonchev–Trinajstić information content (AvgIpc) is 3.34. The number of nitrogens with zero attached hydrogens (tertiary/aromatic N) is 4. The molecule has 1 amide bonds. The second-order valence-corrected chi connectivity index (χ2v) is 9.55. The van der Waals surface area contributed by atoms with E-state index in [9.17, 15) is 14.3 Å². The van der Waals surface area contributed by atoms with Gasteiger partial charge in [0.25, 0.3) is 0 Å². The SMILES string of the molecule is Cn1cc(-c2ccc(F)c(N3CCC4(CC3)CCN([C@H]3CC[C@@H](O)CC3)C4=O)c2)cn1. The number of aryl methyl sites for hydroxylation is 1. The molecule has 1 aromatic carbocycles. The fourth-order valence-electron chi connectivity index (χ4n) is 5.71. The molecule has 5 rings (SSSR count). The highest BCUT2D eigenvalue weighted by Crippen LogP contribution is 2.44. The number of hydrogen-bond donors (Lipinski definition) is 1. The molecule has 1 N–H and O–H groups in total. The number of hydrogen-bond acceptors (Lipinski definition) is 4. The number of piperidine rings is 1. The van der Waals surface area contributed by atoms with Gasteiger partial charge in [0, 0.05) is 44.5 Å². The summed E-state index contributed by atoms with van der Waals surface area (Å²) < 4.78 is 16.4. The molecule has 1 saturated carbocycles. The maximum atomic E-state index is 14.7. The molecule has 1 aliphatic carbocycles. The van der Waals surface area contributed by atoms with Crippen molar-refractivity contribution in [2.45, 2.75) is 57.1 Å². The molecule has 31 heavy (non-hydrogen) atoms. The van der Waals surface area contributed by atoms with Crippen LogP contribution < -0.4 is 4.90 Å². The van der Waals surface area contributed by atoms with Crippen LogP contribution >= 0.6 is 0 Å². The van der Waals surface area contributed by atoms with Gasteiger partial charge in [0.05, 0.1) is 23.4 Å². The van der Waals surface area contributed by atoms with Crippen molar-refractivity contribution in [2.75, 3.05) is 24.5 Å². The molecule has 0 bridgehead atoms. The zero-order valence-corrected chi connectivity index (χ0v) is 18.1. The van der Waals surface area contributed by atoms with Gasteiger partial charge >= 0.3 is 0 Å². The minimum atomic E-state index is -0.288. The van der Waals surface area contributed by atoms with Crippen molar-refractivity contribution in [3.8, 4) is 11.1 Å². The highest BCUT2D eigenvalue weighted by atomic mass is 19.1. The smallest absolute Gasteiger partial charge is 0.229 e. The van der Waals surface area contributed by atoms with Crippen LogP contribution in [0, 0.1) is 11.2 Å². The van der Waals surface area contributed by atoms with E-state index in [0.29, 0.717) is 18.8 Å². The van der Waals surface area contributed by atoms with Crippen LogP contribution in [-0.4, -0.2) is 57.5 Å². The van der Waals surface area contributed by atoms with Gasteiger partial charge in [0.15, 0.2) is 0 Å². The van der Waals surface area contributed by atoms with Crippen LogP contribution in [0.25, 0.3) is 11.1 Å². The molecule has 0 atom stereocenters. The molecule has 2 aliphatic heterocycles. The number of carbonyl (C=O) groups is 1. The number of carbonyl (C=O) groups excluding carboxylic acids is 1. The monoisotopic (exact) mass is 426 g/mol. The lowest BCUT2D eigenvalue weighted by Crippen LogP contribution is -2.47. The number of benzene rings is 1. The lowest BCUT2D eigenvalue weighted by molar-refractivity contribution is -0.139. The van der Waals surface area contributed by atoms with Crippen LogP contribution in [0.3, 0.4) is 0 Å². The first kappa shape index (κ1) is 20.5. The summed E-state index contributed by atoms with van der Waals surface area (Å²) in [5.74, 6) is 0.0712. The van der Waals surface area contributed by atoms with Gasteiger partial charge in [0.1, 0.15) is 5.82 Å². The van der Waals surface area contributed by atoms with E-state index in [4.69, 9.17) is 0 Å². The number of aliphatic hydroxyl groups excluding tert-OH is 1. The van der Waals surface area contributed by atoms with E-state index in [2.05, 4.69) is 14.9 Å². The number of halogens is 1. The average molecular weight is 427 g/mol. The summed E-state index contributed by atoms with van der Waals surface area (Å²) in [5, 5.41) is 14.0. The van der Waals surface area contributed by atoms with Gasteiger partial charge in [-0.15, -0.1) is 0 Å². The molecule has 3 aliphatic rings. The van der Waals surface area contributed by atoms with Gasteiger partial charge in [-0.05, 0) is 62.6 Å². The van der Waals surface area contributed by atoms with Crippen molar-refractivity contribution in [2.24, 2.45) is 12.5 Å². The molecule has 3 heterocycles. The van der Waals surface area contributed by atoms with Crippen molar-refractivity contribution in [1.29, 1.82) is 0 Å². The maximum absolute atomic E-state index is 14.7. The predicted octanol–water partition coefficient (Wildman–Crippen LogP) is 3.35. The van der Waals surface area contributed by atoms with Gasteiger partial charge in [-0.25, -0.2) is 4.39 Å². The molecular formula is C24H31FN4O2. The molecule has 7 heteroatoms. The van der Waals surface area contributed by atoms with Gasteiger partial charge < -0.3 is 14.9 Å². The number of aliphatic hydroxyl groups is 1. The summed E-state index contributed by atoms with van der Waals surface area (Å²) in [6, 6.07) is 5.50. The number of rotatable bonds is 3. The molecule has 3 fully saturated rings. The Morgan fingerprint density at radius 1 is 1.06 bits per heavy atom. The zero-order chi connectivity index (χ0) is 21.6. The predicted molar refractivity (Wildman–Crippen MR) is 117 cm³/mol. The Balaban J connectivity index is 1.28. The van der Waals surface area contributed by atoms with Crippen molar-refractivity contribution in [3.63, 3.8) is 0 Å². The van der Waals surface area contributed by atoms with Crippen LogP contribution in [0.4, 0.5) is 10.1 Å². The van der Waals surface area contributed by atoms with Crippen LogP contribution in [0.2, 0.25) is 0 Å². The third-order valence-electron chi connectivity index (χ3n) is 7.70. The van der Waals surface area contributed by atoms with Gasteiger partial charge in [-0.2, -0.15) is 5.10 Å². The largest absolute Gasteiger partial charge is 0.393 e. The third-order valence-corrected chi connectivity index (χ3v) is 7.70. The normalized spacial score (nSPS) is 26.1. The standard InChI is InChI=1S/C24H31FN4O2/c1-27-16-18(15-26-27)17-2-7-21(25)22(14-17)28-11-8-24(9-12-28)10-13-29(23(24)31)19-3-5-20(30)6-4-19/h2,7,14-16,19-20,30H,3-6,8-13H2,1H3/t19-,20+. The van der Waals surface area contributed by atoms with E-state index in [1.54, 1.807) is 16.9 Å².